The number of benzene rings is 2. The molecule has 3 aromatic rings. The molecule has 2 aromatic carbocycles. The zero-order valence-corrected chi connectivity index (χ0v) is 11.3. The number of aromatic nitrogens is 1. The number of aromatic carboxylic acids is 1. The maximum absolute atomic E-state index is 11.3. The fraction of sp³-hybridized carbons (Fsp3) is 0. The fourth-order valence-electron chi connectivity index (χ4n) is 2.33. The average molecular weight is 275 g/mol. The van der Waals surface area contributed by atoms with Crippen molar-refractivity contribution in [1.82, 2.24) is 4.98 Å². The Kier molecular flexibility index (Phi) is 3.24. The van der Waals surface area contributed by atoms with Gasteiger partial charge in [-0.3, -0.25) is 4.98 Å². The summed E-state index contributed by atoms with van der Waals surface area (Å²) in [4.78, 5) is 15.5. The largest absolute Gasteiger partial charge is 0.478 e. The smallest absolute Gasteiger partial charge is 0.337 e. The van der Waals surface area contributed by atoms with Crippen LogP contribution >= 0.6 is 0 Å². The van der Waals surface area contributed by atoms with E-state index in [1.54, 1.807) is 12.3 Å². The summed E-state index contributed by atoms with van der Waals surface area (Å²) in [5, 5.41) is 11.5. The molecule has 0 saturated carbocycles. The lowest BCUT2D eigenvalue weighted by Gasteiger charge is -2.09. The molecule has 3 rings (SSSR count). The highest BCUT2D eigenvalue weighted by Crippen LogP contribution is 2.26. The van der Waals surface area contributed by atoms with Gasteiger partial charge in [0, 0.05) is 11.8 Å². The van der Waals surface area contributed by atoms with E-state index in [9.17, 15) is 9.90 Å². The van der Waals surface area contributed by atoms with E-state index in [1.165, 1.54) is 6.07 Å². The molecule has 0 amide bonds. The maximum Gasteiger partial charge on any atom is 0.337 e. The second kappa shape index (κ2) is 5.21. The van der Waals surface area contributed by atoms with Crippen LogP contribution in [-0.4, -0.2) is 16.1 Å². The Hall–Kier alpha value is -2.94. The molecule has 0 radical (unpaired) electrons. The van der Waals surface area contributed by atoms with Crippen molar-refractivity contribution >= 4 is 22.3 Å². The zero-order chi connectivity index (χ0) is 14.8. The third-order valence-electron chi connectivity index (χ3n) is 3.42. The van der Waals surface area contributed by atoms with E-state index in [-0.39, 0.29) is 5.56 Å². The van der Waals surface area contributed by atoms with Gasteiger partial charge in [-0.1, -0.05) is 43.0 Å². The molecule has 0 aliphatic rings. The highest BCUT2D eigenvalue weighted by molar-refractivity contribution is 5.96. The van der Waals surface area contributed by atoms with Crippen LogP contribution in [0, 0.1) is 0 Å². The van der Waals surface area contributed by atoms with Crippen molar-refractivity contribution in [2.24, 2.45) is 0 Å². The van der Waals surface area contributed by atoms with Crippen LogP contribution in [0.25, 0.3) is 16.3 Å². The zero-order valence-electron chi connectivity index (χ0n) is 11.3. The minimum atomic E-state index is -1.000. The van der Waals surface area contributed by atoms with Crippen molar-refractivity contribution in [2.75, 3.05) is 0 Å². The summed E-state index contributed by atoms with van der Waals surface area (Å²) in [7, 11) is 0. The number of rotatable bonds is 3. The molecule has 0 unspecified atom stereocenters. The van der Waals surface area contributed by atoms with Gasteiger partial charge in [0.15, 0.2) is 0 Å². The van der Waals surface area contributed by atoms with Crippen LogP contribution < -0.4 is 0 Å². The van der Waals surface area contributed by atoms with Crippen LogP contribution in [0.15, 0.2) is 67.4 Å². The Morgan fingerprint density at radius 2 is 1.76 bits per heavy atom. The first-order chi connectivity index (χ1) is 10.2. The Morgan fingerprint density at radius 3 is 2.52 bits per heavy atom. The Labute approximate surface area is 122 Å². The van der Waals surface area contributed by atoms with Crippen molar-refractivity contribution in [3.8, 4) is 0 Å². The number of nitrogens with zero attached hydrogens (tertiary/aromatic N) is 1. The lowest BCUT2D eigenvalue weighted by atomic mass is 9.97. The van der Waals surface area contributed by atoms with Crippen LogP contribution in [0.1, 0.15) is 21.6 Å². The number of hydrogen-bond acceptors (Lipinski definition) is 2. The molecular weight excluding hydrogens is 262 g/mol. The molecule has 0 aliphatic carbocycles. The summed E-state index contributed by atoms with van der Waals surface area (Å²) in [6, 6.07) is 17.1. The molecule has 0 fully saturated rings. The summed E-state index contributed by atoms with van der Waals surface area (Å²) in [5.74, 6) is -1.000. The Balaban J connectivity index is 2.10. The van der Waals surface area contributed by atoms with Gasteiger partial charge in [-0.2, -0.15) is 0 Å². The molecule has 3 nitrogen and oxygen atoms in total. The van der Waals surface area contributed by atoms with E-state index < -0.39 is 5.97 Å². The van der Waals surface area contributed by atoms with Gasteiger partial charge in [0.2, 0.25) is 0 Å². The van der Waals surface area contributed by atoms with Crippen molar-refractivity contribution < 1.29 is 9.90 Å². The monoisotopic (exact) mass is 275 g/mol. The predicted molar refractivity (Wildman–Crippen MR) is 83.3 cm³/mol. The Morgan fingerprint density at radius 1 is 1.00 bits per heavy atom. The van der Waals surface area contributed by atoms with Crippen LogP contribution in [-0.2, 0) is 0 Å². The number of carboxylic acids is 1. The van der Waals surface area contributed by atoms with Crippen molar-refractivity contribution in [3.05, 3.63) is 84.2 Å². The number of hydrogen-bond donors (Lipinski definition) is 1. The molecule has 1 aromatic heterocycles. The van der Waals surface area contributed by atoms with Gasteiger partial charge in [0.25, 0.3) is 0 Å². The van der Waals surface area contributed by atoms with Crippen LogP contribution in [0.3, 0.4) is 0 Å². The van der Waals surface area contributed by atoms with Crippen molar-refractivity contribution in [1.29, 1.82) is 0 Å². The number of carboxylic acid groups (broad SMARTS) is 1. The van der Waals surface area contributed by atoms with Gasteiger partial charge in [0.05, 0.1) is 11.3 Å². The van der Waals surface area contributed by atoms with Gasteiger partial charge >= 0.3 is 5.97 Å². The topological polar surface area (TPSA) is 50.2 Å². The number of fused-ring (bicyclic) bond motifs is 1. The molecule has 3 heteroatoms. The van der Waals surface area contributed by atoms with Gasteiger partial charge in [0.1, 0.15) is 0 Å². The van der Waals surface area contributed by atoms with E-state index >= 15 is 0 Å². The quantitative estimate of drug-likeness (QED) is 0.786. The first-order valence-corrected chi connectivity index (χ1v) is 6.53. The molecule has 0 aliphatic heterocycles. The second-order valence-corrected chi connectivity index (χ2v) is 4.75. The number of pyridine rings is 1. The van der Waals surface area contributed by atoms with Crippen LogP contribution in [0.2, 0.25) is 0 Å². The minimum absolute atomic E-state index is 0.163. The summed E-state index contributed by atoms with van der Waals surface area (Å²) in [6.07, 6.45) is 1.58. The molecule has 1 heterocycles. The molecule has 0 spiro atoms. The third kappa shape index (κ3) is 2.41. The second-order valence-electron chi connectivity index (χ2n) is 4.75. The molecule has 0 bridgehead atoms. The van der Waals surface area contributed by atoms with E-state index in [0.29, 0.717) is 11.3 Å². The van der Waals surface area contributed by atoms with E-state index in [4.69, 9.17) is 0 Å². The van der Waals surface area contributed by atoms with E-state index in [0.717, 1.165) is 16.3 Å². The van der Waals surface area contributed by atoms with Crippen molar-refractivity contribution in [3.63, 3.8) is 0 Å². The SMILES string of the molecule is C=C(c1ccc2ccccc2c1)c1ncccc1C(=O)O. The fourth-order valence-corrected chi connectivity index (χ4v) is 2.33. The van der Waals surface area contributed by atoms with Crippen LogP contribution in [0.4, 0.5) is 0 Å². The average Bonchev–Trinajstić information content (AvgIpc) is 2.53. The summed E-state index contributed by atoms with van der Waals surface area (Å²) >= 11 is 0. The molecular formula is C18H13NO2. The normalized spacial score (nSPS) is 10.5. The van der Waals surface area contributed by atoms with Gasteiger partial charge in [-0.15, -0.1) is 0 Å². The Bertz CT molecular complexity index is 852. The molecule has 1 N–H and O–H groups in total. The van der Waals surface area contributed by atoms with Crippen molar-refractivity contribution in [2.45, 2.75) is 0 Å². The van der Waals surface area contributed by atoms with Gasteiger partial charge in [-0.25, -0.2) is 4.79 Å². The summed E-state index contributed by atoms with van der Waals surface area (Å²) < 4.78 is 0. The lowest BCUT2D eigenvalue weighted by molar-refractivity contribution is 0.0696. The third-order valence-corrected chi connectivity index (χ3v) is 3.42. The highest BCUT2D eigenvalue weighted by atomic mass is 16.4. The first-order valence-electron chi connectivity index (χ1n) is 6.53. The molecule has 0 saturated heterocycles. The number of carbonyl (C=O) groups is 1. The first kappa shape index (κ1) is 13.1. The molecule has 102 valence electrons. The predicted octanol–water partition coefficient (Wildman–Crippen LogP) is 3.99. The van der Waals surface area contributed by atoms with E-state index in [1.807, 2.05) is 42.5 Å². The van der Waals surface area contributed by atoms with Gasteiger partial charge in [-0.05, 0) is 34.5 Å². The maximum atomic E-state index is 11.3. The standard InChI is InChI=1S/C18H13NO2/c1-12(17-16(18(20)21)7-4-10-19-17)14-9-8-13-5-2-3-6-15(13)11-14/h2-11H,1H2,(H,20,21). The summed E-state index contributed by atoms with van der Waals surface area (Å²) in [5.41, 5.74) is 2.05. The van der Waals surface area contributed by atoms with E-state index in [2.05, 4.69) is 11.6 Å². The lowest BCUT2D eigenvalue weighted by Crippen LogP contribution is -2.04. The highest BCUT2D eigenvalue weighted by Gasteiger charge is 2.14. The molecule has 21 heavy (non-hydrogen) atoms. The minimum Gasteiger partial charge on any atom is -0.478 e. The van der Waals surface area contributed by atoms with Crippen LogP contribution in [0.5, 0.6) is 0 Å². The van der Waals surface area contributed by atoms with Gasteiger partial charge < -0.3 is 5.11 Å². The molecule has 0 atom stereocenters. The summed E-state index contributed by atoms with van der Waals surface area (Å²) in [6.45, 7) is 4.02.